The molecule has 33 heavy (non-hydrogen) atoms. The number of likely N-dealkylation sites (N-methyl/N-ethyl adjacent to an activating group) is 1. The van der Waals surface area contributed by atoms with Crippen LogP contribution >= 0.6 is 0 Å². The number of aromatic nitrogens is 1. The SMILES string of the molecule is CN1CC2(CCN([S+](C)[O-])C2)n2cc(C(=O)NCc3ccc(F)cc3F)c(=O)c(O)c2C1=O. The molecule has 176 valence electrons. The van der Waals surface area contributed by atoms with E-state index in [1.165, 1.54) is 28.0 Å². The van der Waals surface area contributed by atoms with Crippen molar-refractivity contribution in [3.8, 4) is 5.75 Å². The molecule has 9 nitrogen and oxygen atoms in total. The Balaban J connectivity index is 1.72. The van der Waals surface area contributed by atoms with Crippen LogP contribution in [0.1, 0.15) is 32.8 Å². The van der Waals surface area contributed by atoms with Gasteiger partial charge in [-0.3, -0.25) is 14.4 Å². The van der Waals surface area contributed by atoms with E-state index in [1.807, 2.05) is 0 Å². The standard InChI is InChI=1S/C21H22F2N4O5S/c1-25-10-21(5-6-26(11-21)33(2)32)27-9-14(17(28)18(29)16(27)20(25)31)19(30)24-8-12-3-4-13(22)7-15(12)23/h3-4,7,9,29H,5-6,8,10-11H2,1-2H3,(H,24,30). The average molecular weight is 480 g/mol. The van der Waals surface area contributed by atoms with Gasteiger partial charge in [0, 0.05) is 55.9 Å². The monoisotopic (exact) mass is 480 g/mol. The average Bonchev–Trinajstić information content (AvgIpc) is 3.18. The van der Waals surface area contributed by atoms with Crippen LogP contribution in [0, 0.1) is 11.6 Å². The molecule has 1 spiro atoms. The predicted octanol–water partition coefficient (Wildman–Crippen LogP) is 0.542. The minimum absolute atomic E-state index is 0.0113. The first-order chi connectivity index (χ1) is 15.5. The summed E-state index contributed by atoms with van der Waals surface area (Å²) < 4.78 is 42.2. The van der Waals surface area contributed by atoms with E-state index in [0.717, 1.165) is 6.07 Å². The van der Waals surface area contributed by atoms with E-state index in [1.54, 1.807) is 11.4 Å². The molecule has 0 radical (unpaired) electrons. The number of pyridine rings is 1. The number of benzene rings is 1. The van der Waals surface area contributed by atoms with Crippen molar-refractivity contribution < 1.29 is 28.0 Å². The summed E-state index contributed by atoms with van der Waals surface area (Å²) in [6.07, 6.45) is 3.23. The molecular formula is C21H22F2N4O5S. The molecule has 2 atom stereocenters. The van der Waals surface area contributed by atoms with E-state index in [4.69, 9.17) is 0 Å². The Morgan fingerprint density at radius 3 is 2.67 bits per heavy atom. The van der Waals surface area contributed by atoms with Gasteiger partial charge in [0.25, 0.3) is 11.8 Å². The minimum atomic E-state index is -1.27. The topological polar surface area (TPSA) is 118 Å². The minimum Gasteiger partial charge on any atom is -0.598 e. The number of carbonyl (C=O) groups is 2. The molecule has 2 unspecified atom stereocenters. The molecule has 2 aromatic rings. The Kier molecular flexibility index (Phi) is 5.93. The summed E-state index contributed by atoms with van der Waals surface area (Å²) in [5.74, 6) is -3.94. The second-order valence-electron chi connectivity index (χ2n) is 8.28. The maximum Gasteiger partial charge on any atom is 0.274 e. The molecule has 2 amide bonds. The number of hydrogen-bond acceptors (Lipinski definition) is 6. The summed E-state index contributed by atoms with van der Waals surface area (Å²) in [6.45, 7) is 0.659. The maximum absolute atomic E-state index is 13.9. The van der Waals surface area contributed by atoms with Crippen LogP contribution in [0.3, 0.4) is 0 Å². The van der Waals surface area contributed by atoms with Crippen molar-refractivity contribution in [2.24, 2.45) is 0 Å². The first-order valence-electron chi connectivity index (χ1n) is 10.1. The Morgan fingerprint density at radius 2 is 2.03 bits per heavy atom. The molecule has 2 N–H and O–H groups in total. The number of carbonyl (C=O) groups excluding carboxylic acids is 2. The van der Waals surface area contributed by atoms with E-state index in [9.17, 15) is 32.8 Å². The molecule has 1 fully saturated rings. The molecule has 12 heteroatoms. The highest BCUT2D eigenvalue weighted by molar-refractivity contribution is 7.88. The lowest BCUT2D eigenvalue weighted by Gasteiger charge is -2.42. The zero-order valence-corrected chi connectivity index (χ0v) is 18.7. The van der Waals surface area contributed by atoms with Crippen molar-refractivity contribution in [3.05, 3.63) is 63.1 Å². The van der Waals surface area contributed by atoms with E-state index >= 15 is 0 Å². The van der Waals surface area contributed by atoms with E-state index in [-0.39, 0.29) is 30.9 Å². The largest absolute Gasteiger partial charge is 0.598 e. The van der Waals surface area contributed by atoms with Gasteiger partial charge in [-0.2, -0.15) is 0 Å². The number of amides is 2. The first-order valence-corrected chi connectivity index (χ1v) is 11.6. The summed E-state index contributed by atoms with van der Waals surface area (Å²) in [5, 5.41) is 13.0. The van der Waals surface area contributed by atoms with Crippen LogP contribution in [0.4, 0.5) is 8.78 Å². The van der Waals surface area contributed by atoms with Crippen LogP contribution in [0.15, 0.2) is 29.2 Å². The highest BCUT2D eigenvalue weighted by Crippen LogP contribution is 2.37. The normalized spacial score (nSPS) is 21.4. The third kappa shape index (κ3) is 3.98. The van der Waals surface area contributed by atoms with Crippen molar-refractivity contribution >= 4 is 23.2 Å². The second-order valence-corrected chi connectivity index (χ2v) is 9.64. The summed E-state index contributed by atoms with van der Waals surface area (Å²) in [4.78, 5) is 39.7. The van der Waals surface area contributed by atoms with Crippen LogP contribution in [0.5, 0.6) is 5.75 Å². The molecule has 0 bridgehead atoms. The van der Waals surface area contributed by atoms with E-state index in [2.05, 4.69) is 5.32 Å². The molecule has 0 aliphatic carbocycles. The molecule has 1 aromatic carbocycles. The fourth-order valence-electron chi connectivity index (χ4n) is 4.41. The van der Waals surface area contributed by atoms with Crippen LogP contribution in [-0.2, 0) is 23.4 Å². The molecular weight excluding hydrogens is 458 g/mol. The van der Waals surface area contributed by atoms with Crippen molar-refractivity contribution in [3.63, 3.8) is 0 Å². The van der Waals surface area contributed by atoms with Crippen molar-refractivity contribution in [2.75, 3.05) is 32.9 Å². The van der Waals surface area contributed by atoms with Gasteiger partial charge in [-0.25, -0.2) is 8.78 Å². The molecule has 2 aliphatic rings. The summed E-state index contributed by atoms with van der Waals surface area (Å²) in [6, 6.07) is 2.89. The Labute approximate surface area is 190 Å². The smallest absolute Gasteiger partial charge is 0.274 e. The lowest BCUT2D eigenvalue weighted by molar-refractivity contribution is 0.0615. The quantitative estimate of drug-likeness (QED) is 0.617. The lowest BCUT2D eigenvalue weighted by Crippen LogP contribution is -2.55. The Hall–Kier alpha value is -2.96. The van der Waals surface area contributed by atoms with Gasteiger partial charge in [-0.1, -0.05) is 6.07 Å². The van der Waals surface area contributed by atoms with Gasteiger partial charge in [0.05, 0.1) is 12.1 Å². The fourth-order valence-corrected chi connectivity index (χ4v) is 5.18. The predicted molar refractivity (Wildman–Crippen MR) is 115 cm³/mol. The van der Waals surface area contributed by atoms with Gasteiger partial charge in [0.1, 0.15) is 23.5 Å². The van der Waals surface area contributed by atoms with Gasteiger partial charge < -0.3 is 24.4 Å². The van der Waals surface area contributed by atoms with Crippen molar-refractivity contribution in [2.45, 2.75) is 18.5 Å². The van der Waals surface area contributed by atoms with E-state index < -0.39 is 57.1 Å². The number of nitrogens with zero attached hydrogens (tertiary/aromatic N) is 3. The van der Waals surface area contributed by atoms with E-state index in [0.29, 0.717) is 19.0 Å². The summed E-state index contributed by atoms with van der Waals surface area (Å²) >= 11 is -1.27. The number of rotatable bonds is 4. The summed E-state index contributed by atoms with van der Waals surface area (Å²) in [5.41, 5.74) is -2.49. The molecule has 1 saturated heterocycles. The zero-order valence-electron chi connectivity index (χ0n) is 17.9. The van der Waals surface area contributed by atoms with Gasteiger partial charge in [-0.15, -0.1) is 4.31 Å². The van der Waals surface area contributed by atoms with Crippen molar-refractivity contribution in [1.82, 2.24) is 19.1 Å². The van der Waals surface area contributed by atoms with Crippen LogP contribution in [-0.4, -0.2) is 68.2 Å². The third-order valence-electron chi connectivity index (χ3n) is 6.13. The first kappa shape index (κ1) is 23.2. The molecule has 0 saturated carbocycles. The zero-order chi connectivity index (χ0) is 24.1. The number of fused-ring (bicyclic) bond motifs is 2. The third-order valence-corrected chi connectivity index (χ3v) is 7.17. The van der Waals surface area contributed by atoms with Gasteiger partial charge >= 0.3 is 0 Å². The molecule has 3 heterocycles. The lowest BCUT2D eigenvalue weighted by atomic mass is 9.92. The van der Waals surface area contributed by atoms with Crippen LogP contribution in [0.2, 0.25) is 0 Å². The molecule has 1 aromatic heterocycles. The van der Waals surface area contributed by atoms with Gasteiger partial charge in [0.15, 0.2) is 11.4 Å². The fraction of sp³-hybridized carbons (Fsp3) is 0.381. The number of aromatic hydroxyl groups is 1. The van der Waals surface area contributed by atoms with Gasteiger partial charge in [0.2, 0.25) is 5.43 Å². The second kappa shape index (κ2) is 8.43. The van der Waals surface area contributed by atoms with Crippen molar-refractivity contribution in [1.29, 1.82) is 0 Å². The Morgan fingerprint density at radius 1 is 1.30 bits per heavy atom. The Bertz CT molecular complexity index is 1200. The van der Waals surface area contributed by atoms with Gasteiger partial charge in [-0.05, 0) is 12.5 Å². The number of nitrogens with one attached hydrogen (secondary N) is 1. The van der Waals surface area contributed by atoms with Crippen LogP contribution < -0.4 is 10.7 Å². The summed E-state index contributed by atoms with van der Waals surface area (Å²) in [7, 11) is 1.54. The van der Waals surface area contributed by atoms with Crippen LogP contribution in [0.25, 0.3) is 0 Å². The number of hydrogen-bond donors (Lipinski definition) is 2. The maximum atomic E-state index is 13.9. The molecule has 2 aliphatic heterocycles. The highest BCUT2D eigenvalue weighted by Gasteiger charge is 2.50. The number of halogens is 2. The molecule has 4 rings (SSSR count). The highest BCUT2D eigenvalue weighted by atomic mass is 32.2.